The van der Waals surface area contributed by atoms with Gasteiger partial charge < -0.3 is 15.0 Å². The Morgan fingerprint density at radius 1 is 1.46 bits per heavy atom. The van der Waals surface area contributed by atoms with Crippen LogP contribution < -0.4 is 5.32 Å². The first-order valence-electron chi connectivity index (χ1n) is 7.23. The topological polar surface area (TPSA) is 41.6 Å². The van der Waals surface area contributed by atoms with Crippen molar-refractivity contribution in [2.75, 3.05) is 25.5 Å². The zero-order chi connectivity index (χ0) is 18.1. The highest BCUT2D eigenvalue weighted by Crippen LogP contribution is 2.47. The molecular formula is C16H18ClF3N2O2. The molecule has 1 aromatic carbocycles. The van der Waals surface area contributed by atoms with Gasteiger partial charge >= 0.3 is 12.2 Å². The van der Waals surface area contributed by atoms with Crippen LogP contribution in [0.3, 0.4) is 0 Å². The SMILES string of the molecule is CC(C)=CCOC1(C(F)(F)F)CN(C)C(=O)Nc2ccc(Cl)cc21. The number of amides is 2. The molecule has 0 fully saturated rings. The van der Waals surface area contributed by atoms with Gasteiger partial charge in [0.1, 0.15) is 0 Å². The molecule has 1 aromatic rings. The molecule has 2 amide bonds. The summed E-state index contributed by atoms with van der Waals surface area (Å²) in [6.45, 7) is 2.61. The summed E-state index contributed by atoms with van der Waals surface area (Å²) >= 11 is 5.90. The van der Waals surface area contributed by atoms with Gasteiger partial charge in [0.05, 0.1) is 13.2 Å². The summed E-state index contributed by atoms with van der Waals surface area (Å²) < 4.78 is 47.5. The van der Waals surface area contributed by atoms with Crippen molar-refractivity contribution in [3.8, 4) is 0 Å². The lowest BCUT2D eigenvalue weighted by Gasteiger charge is -2.37. The molecule has 0 radical (unpaired) electrons. The minimum absolute atomic E-state index is 0.0308. The number of fused-ring (bicyclic) bond motifs is 1. The van der Waals surface area contributed by atoms with Crippen LogP contribution in [-0.4, -0.2) is 37.3 Å². The standard InChI is InChI=1S/C16H18ClF3N2O2/c1-10(2)6-7-24-15(16(18,19)20)9-22(3)14(23)21-13-5-4-11(17)8-12(13)15/h4-6,8H,7,9H2,1-3H3,(H,21,23). The molecule has 0 bridgehead atoms. The van der Waals surface area contributed by atoms with E-state index in [2.05, 4.69) is 5.32 Å². The summed E-state index contributed by atoms with van der Waals surface area (Å²) in [6.07, 6.45) is -3.19. The zero-order valence-electron chi connectivity index (χ0n) is 13.5. The van der Waals surface area contributed by atoms with Crippen molar-refractivity contribution < 1.29 is 22.7 Å². The molecule has 0 saturated carbocycles. The van der Waals surface area contributed by atoms with E-state index in [0.717, 1.165) is 10.5 Å². The second-order valence-corrected chi connectivity index (χ2v) is 6.33. The fraction of sp³-hybridized carbons (Fsp3) is 0.438. The number of alkyl halides is 3. The number of ether oxygens (including phenoxy) is 1. The Morgan fingerprint density at radius 2 is 2.12 bits per heavy atom. The fourth-order valence-corrected chi connectivity index (χ4v) is 2.63. The van der Waals surface area contributed by atoms with E-state index in [-0.39, 0.29) is 22.9 Å². The Hall–Kier alpha value is -1.73. The number of nitrogens with zero attached hydrogens (tertiary/aromatic N) is 1. The van der Waals surface area contributed by atoms with E-state index in [1.807, 2.05) is 0 Å². The number of anilines is 1. The van der Waals surface area contributed by atoms with Crippen molar-refractivity contribution in [2.24, 2.45) is 0 Å². The van der Waals surface area contributed by atoms with Gasteiger partial charge in [0.25, 0.3) is 0 Å². The summed E-state index contributed by atoms with van der Waals surface area (Å²) in [6, 6.07) is 3.31. The van der Waals surface area contributed by atoms with Crippen molar-refractivity contribution in [2.45, 2.75) is 25.6 Å². The maximum absolute atomic E-state index is 14.1. The van der Waals surface area contributed by atoms with Crippen molar-refractivity contribution >= 4 is 23.3 Å². The van der Waals surface area contributed by atoms with Gasteiger partial charge in [-0.05, 0) is 32.0 Å². The van der Waals surface area contributed by atoms with E-state index in [4.69, 9.17) is 16.3 Å². The number of carbonyl (C=O) groups is 1. The van der Waals surface area contributed by atoms with Gasteiger partial charge in [-0.2, -0.15) is 13.2 Å². The molecule has 132 valence electrons. The van der Waals surface area contributed by atoms with E-state index < -0.39 is 24.4 Å². The molecule has 8 heteroatoms. The van der Waals surface area contributed by atoms with E-state index in [9.17, 15) is 18.0 Å². The zero-order valence-corrected chi connectivity index (χ0v) is 14.3. The number of rotatable bonds is 3. The molecule has 1 N–H and O–H groups in total. The average molecular weight is 363 g/mol. The smallest absolute Gasteiger partial charge is 0.355 e. The summed E-state index contributed by atoms with van der Waals surface area (Å²) in [7, 11) is 1.29. The first-order valence-corrected chi connectivity index (χ1v) is 7.61. The normalized spacial score (nSPS) is 21.0. The van der Waals surface area contributed by atoms with Crippen molar-refractivity contribution in [1.82, 2.24) is 4.90 Å². The maximum atomic E-state index is 14.1. The lowest BCUT2D eigenvalue weighted by Crippen LogP contribution is -2.52. The van der Waals surface area contributed by atoms with Gasteiger partial charge in [-0.25, -0.2) is 4.79 Å². The predicted molar refractivity (Wildman–Crippen MR) is 86.2 cm³/mol. The van der Waals surface area contributed by atoms with Crippen LogP contribution in [0.15, 0.2) is 29.8 Å². The summed E-state index contributed by atoms with van der Waals surface area (Å²) in [5, 5.41) is 2.59. The van der Waals surface area contributed by atoms with Crippen LogP contribution in [0, 0.1) is 0 Å². The largest absolute Gasteiger partial charge is 0.423 e. The van der Waals surface area contributed by atoms with Gasteiger partial charge in [-0.3, -0.25) is 0 Å². The first-order chi connectivity index (χ1) is 11.1. The van der Waals surface area contributed by atoms with Crippen LogP contribution in [0.2, 0.25) is 5.02 Å². The molecule has 0 aliphatic carbocycles. The van der Waals surface area contributed by atoms with Gasteiger partial charge in [-0.1, -0.05) is 23.3 Å². The summed E-state index contributed by atoms with van der Waals surface area (Å²) in [5.41, 5.74) is -2.02. The Kier molecular flexibility index (Phi) is 5.15. The number of benzene rings is 1. The quantitative estimate of drug-likeness (QED) is 0.801. The second kappa shape index (κ2) is 6.64. The Morgan fingerprint density at radius 3 is 2.71 bits per heavy atom. The third kappa shape index (κ3) is 3.52. The summed E-state index contributed by atoms with van der Waals surface area (Å²) in [5.74, 6) is 0. The van der Waals surface area contributed by atoms with Crippen LogP contribution in [0.4, 0.5) is 23.7 Å². The van der Waals surface area contributed by atoms with Gasteiger partial charge in [0.2, 0.25) is 5.60 Å². The molecule has 1 heterocycles. The molecule has 24 heavy (non-hydrogen) atoms. The van der Waals surface area contributed by atoms with E-state index >= 15 is 0 Å². The molecule has 1 atom stereocenters. The number of nitrogens with one attached hydrogen (secondary N) is 1. The molecular weight excluding hydrogens is 345 g/mol. The monoisotopic (exact) mass is 362 g/mol. The van der Waals surface area contributed by atoms with Crippen LogP contribution in [0.5, 0.6) is 0 Å². The maximum Gasteiger partial charge on any atom is 0.423 e. The number of urea groups is 1. The van der Waals surface area contributed by atoms with Crippen LogP contribution in [0.25, 0.3) is 0 Å². The highest BCUT2D eigenvalue weighted by Gasteiger charge is 2.60. The van der Waals surface area contributed by atoms with E-state index in [0.29, 0.717) is 0 Å². The highest BCUT2D eigenvalue weighted by atomic mass is 35.5. The predicted octanol–water partition coefficient (Wildman–Crippen LogP) is 4.56. The molecule has 1 unspecified atom stereocenters. The lowest BCUT2D eigenvalue weighted by atomic mass is 9.91. The van der Waals surface area contributed by atoms with Gasteiger partial charge in [0.15, 0.2) is 0 Å². The molecule has 1 aliphatic heterocycles. The minimum Gasteiger partial charge on any atom is -0.355 e. The molecule has 2 rings (SSSR count). The minimum atomic E-state index is -4.75. The molecule has 0 spiro atoms. The van der Waals surface area contributed by atoms with Crippen LogP contribution >= 0.6 is 11.6 Å². The summed E-state index contributed by atoms with van der Waals surface area (Å²) in [4.78, 5) is 13.0. The second-order valence-electron chi connectivity index (χ2n) is 5.89. The Bertz CT molecular complexity index is 672. The van der Waals surface area contributed by atoms with E-state index in [1.54, 1.807) is 19.9 Å². The van der Waals surface area contributed by atoms with E-state index in [1.165, 1.54) is 25.2 Å². The third-order valence-corrected chi connectivity index (χ3v) is 3.98. The van der Waals surface area contributed by atoms with Crippen LogP contribution in [-0.2, 0) is 10.3 Å². The van der Waals surface area contributed by atoms with Gasteiger partial charge in [-0.15, -0.1) is 0 Å². The van der Waals surface area contributed by atoms with Crippen molar-refractivity contribution in [3.63, 3.8) is 0 Å². The molecule has 0 aromatic heterocycles. The highest BCUT2D eigenvalue weighted by molar-refractivity contribution is 6.30. The Labute approximate surface area is 143 Å². The first kappa shape index (κ1) is 18.6. The number of allylic oxidation sites excluding steroid dienone is 1. The number of carbonyl (C=O) groups excluding carboxylic acids is 1. The van der Waals surface area contributed by atoms with Crippen molar-refractivity contribution in [3.05, 3.63) is 40.4 Å². The van der Waals surface area contributed by atoms with Crippen molar-refractivity contribution in [1.29, 1.82) is 0 Å². The molecule has 4 nitrogen and oxygen atoms in total. The number of halogens is 4. The van der Waals surface area contributed by atoms with Gasteiger partial charge in [0, 0.05) is 23.3 Å². The third-order valence-electron chi connectivity index (χ3n) is 3.74. The number of likely N-dealkylation sites (N-methyl/N-ethyl adjacent to an activating group) is 1. The average Bonchev–Trinajstić information content (AvgIpc) is 2.55. The lowest BCUT2D eigenvalue weighted by molar-refractivity contribution is -0.283. The molecule has 0 saturated heterocycles. The number of hydrogen-bond donors (Lipinski definition) is 1. The molecule has 1 aliphatic rings. The van der Waals surface area contributed by atoms with Crippen LogP contribution in [0.1, 0.15) is 19.4 Å². The Balaban J connectivity index is 2.64. The fourth-order valence-electron chi connectivity index (χ4n) is 2.46. The number of hydrogen-bond acceptors (Lipinski definition) is 2.